The van der Waals surface area contributed by atoms with Gasteiger partial charge in [0.25, 0.3) is 0 Å². The highest BCUT2D eigenvalue weighted by Gasteiger charge is 2.47. The van der Waals surface area contributed by atoms with E-state index < -0.39 is 14.6 Å². The van der Waals surface area contributed by atoms with Gasteiger partial charge in [0.15, 0.2) is 9.84 Å². The number of hydrogen-bond acceptors (Lipinski definition) is 3. The predicted molar refractivity (Wildman–Crippen MR) is 54.6 cm³/mol. The average molecular weight is 205 g/mol. The van der Waals surface area contributed by atoms with Gasteiger partial charge in [0.2, 0.25) is 0 Å². The van der Waals surface area contributed by atoms with E-state index in [1.807, 2.05) is 14.0 Å². The van der Waals surface area contributed by atoms with Gasteiger partial charge >= 0.3 is 0 Å². The number of nitrogens with one attached hydrogen (secondary N) is 1. The highest BCUT2D eigenvalue weighted by Crippen LogP contribution is 2.39. The summed E-state index contributed by atoms with van der Waals surface area (Å²) in [6.45, 7) is 2.54. The first kappa shape index (κ1) is 11.0. The zero-order chi connectivity index (χ0) is 9.95. The molecule has 0 aromatic carbocycles. The molecule has 78 valence electrons. The van der Waals surface area contributed by atoms with E-state index in [1.54, 1.807) is 0 Å². The van der Waals surface area contributed by atoms with E-state index in [9.17, 15) is 8.42 Å². The molecule has 4 heteroatoms. The van der Waals surface area contributed by atoms with Crippen LogP contribution in [0.15, 0.2) is 0 Å². The van der Waals surface area contributed by atoms with Crippen LogP contribution in [0.5, 0.6) is 0 Å². The van der Waals surface area contributed by atoms with Crippen molar-refractivity contribution in [1.82, 2.24) is 5.32 Å². The van der Waals surface area contributed by atoms with E-state index in [4.69, 9.17) is 0 Å². The Kier molecular flexibility index (Phi) is 3.35. The summed E-state index contributed by atoms with van der Waals surface area (Å²) in [5, 5.41) is 3.00. The molecule has 0 aromatic heterocycles. The molecule has 1 saturated carbocycles. The Hall–Kier alpha value is -0.0900. The van der Waals surface area contributed by atoms with Crippen LogP contribution in [0.3, 0.4) is 0 Å². The Morgan fingerprint density at radius 2 is 2.00 bits per heavy atom. The van der Waals surface area contributed by atoms with Gasteiger partial charge in [-0.25, -0.2) is 8.42 Å². The molecule has 1 rings (SSSR count). The molecule has 1 N–H and O–H groups in total. The zero-order valence-corrected chi connectivity index (χ0v) is 9.28. The van der Waals surface area contributed by atoms with Gasteiger partial charge in [-0.1, -0.05) is 13.3 Å². The van der Waals surface area contributed by atoms with Crippen molar-refractivity contribution >= 4 is 9.84 Å². The van der Waals surface area contributed by atoms with E-state index in [0.717, 1.165) is 25.7 Å². The first-order valence-corrected chi connectivity index (χ1v) is 6.60. The molecule has 0 aromatic rings. The van der Waals surface area contributed by atoms with E-state index in [0.29, 0.717) is 12.3 Å². The summed E-state index contributed by atoms with van der Waals surface area (Å²) >= 11 is 0. The lowest BCUT2D eigenvalue weighted by Crippen LogP contribution is -2.52. The molecule has 1 aliphatic carbocycles. The molecule has 1 fully saturated rings. The Balaban J connectivity index is 2.75. The second-order valence-electron chi connectivity index (χ2n) is 3.89. The Bertz CT molecular complexity index is 255. The molecule has 0 radical (unpaired) electrons. The summed E-state index contributed by atoms with van der Waals surface area (Å²) in [4.78, 5) is 0. The summed E-state index contributed by atoms with van der Waals surface area (Å²) < 4.78 is 23.4. The number of rotatable bonds is 5. The molecule has 0 aliphatic heterocycles. The fraction of sp³-hybridized carbons (Fsp3) is 1.00. The smallest absolute Gasteiger partial charge is 0.157 e. The van der Waals surface area contributed by atoms with E-state index in [1.165, 1.54) is 0 Å². The molecule has 0 bridgehead atoms. The van der Waals surface area contributed by atoms with Gasteiger partial charge in [-0.05, 0) is 26.3 Å². The Morgan fingerprint density at radius 3 is 2.31 bits per heavy atom. The molecule has 0 atom stereocenters. The molecule has 13 heavy (non-hydrogen) atoms. The van der Waals surface area contributed by atoms with Crippen molar-refractivity contribution < 1.29 is 8.42 Å². The lowest BCUT2D eigenvalue weighted by atomic mass is 9.84. The van der Waals surface area contributed by atoms with Crippen LogP contribution in [0.4, 0.5) is 0 Å². The van der Waals surface area contributed by atoms with Crippen LogP contribution in [0.1, 0.15) is 32.6 Å². The van der Waals surface area contributed by atoms with Crippen molar-refractivity contribution in [1.29, 1.82) is 0 Å². The van der Waals surface area contributed by atoms with Gasteiger partial charge in [0, 0.05) is 6.54 Å². The standard InChI is InChI=1S/C9H19NO2S/c1-3-7-13(11,12)9(8-10-2)5-4-6-9/h10H,3-8H2,1-2H3. The Labute approximate surface area is 80.8 Å². The molecule has 3 nitrogen and oxygen atoms in total. The fourth-order valence-corrected chi connectivity index (χ4v) is 4.22. The summed E-state index contributed by atoms with van der Waals surface area (Å²) in [5.41, 5.74) is 0. The van der Waals surface area contributed by atoms with Crippen molar-refractivity contribution in [2.45, 2.75) is 37.4 Å². The van der Waals surface area contributed by atoms with Gasteiger partial charge in [0.1, 0.15) is 0 Å². The molecule has 0 amide bonds. The maximum Gasteiger partial charge on any atom is 0.157 e. The SMILES string of the molecule is CCCS(=O)(=O)C1(CNC)CCC1. The fourth-order valence-electron chi connectivity index (χ4n) is 1.98. The minimum atomic E-state index is -2.86. The zero-order valence-electron chi connectivity index (χ0n) is 8.47. The second-order valence-corrected chi connectivity index (χ2v) is 6.39. The van der Waals surface area contributed by atoms with Gasteiger partial charge < -0.3 is 5.32 Å². The Morgan fingerprint density at radius 1 is 1.38 bits per heavy atom. The van der Waals surface area contributed by atoms with Gasteiger partial charge in [0.05, 0.1) is 10.5 Å². The van der Waals surface area contributed by atoms with E-state index >= 15 is 0 Å². The normalized spacial score (nSPS) is 21.1. The molecule has 0 heterocycles. The van der Waals surface area contributed by atoms with Crippen LogP contribution in [-0.4, -0.2) is 32.5 Å². The van der Waals surface area contributed by atoms with Crippen molar-refractivity contribution in [3.63, 3.8) is 0 Å². The van der Waals surface area contributed by atoms with Crippen LogP contribution in [0.2, 0.25) is 0 Å². The quantitative estimate of drug-likeness (QED) is 0.727. The molecule has 1 aliphatic rings. The summed E-state index contributed by atoms with van der Waals surface area (Å²) in [6, 6.07) is 0. The van der Waals surface area contributed by atoms with E-state index in [-0.39, 0.29) is 0 Å². The highest BCUT2D eigenvalue weighted by atomic mass is 32.2. The minimum Gasteiger partial charge on any atom is -0.318 e. The van der Waals surface area contributed by atoms with Gasteiger partial charge in [-0.2, -0.15) is 0 Å². The van der Waals surface area contributed by atoms with Gasteiger partial charge in [-0.3, -0.25) is 0 Å². The molecular weight excluding hydrogens is 186 g/mol. The summed E-state index contributed by atoms with van der Waals surface area (Å²) in [5.74, 6) is 0.342. The number of hydrogen-bond donors (Lipinski definition) is 1. The largest absolute Gasteiger partial charge is 0.318 e. The van der Waals surface area contributed by atoms with Gasteiger partial charge in [-0.15, -0.1) is 0 Å². The van der Waals surface area contributed by atoms with Crippen LogP contribution in [0.25, 0.3) is 0 Å². The topological polar surface area (TPSA) is 46.2 Å². The third-order valence-corrected chi connectivity index (χ3v) is 5.71. The summed E-state index contributed by atoms with van der Waals surface area (Å²) in [7, 11) is -1.04. The lowest BCUT2D eigenvalue weighted by molar-refractivity contribution is 0.328. The maximum absolute atomic E-state index is 11.9. The molecule has 0 saturated heterocycles. The first-order valence-electron chi connectivity index (χ1n) is 4.95. The lowest BCUT2D eigenvalue weighted by Gasteiger charge is -2.40. The van der Waals surface area contributed by atoms with Crippen LogP contribution in [-0.2, 0) is 9.84 Å². The highest BCUT2D eigenvalue weighted by molar-refractivity contribution is 7.92. The van der Waals surface area contributed by atoms with Crippen molar-refractivity contribution in [2.75, 3.05) is 19.3 Å². The average Bonchev–Trinajstić information content (AvgIpc) is 1.96. The molecule has 0 spiro atoms. The third kappa shape index (κ3) is 1.89. The predicted octanol–water partition coefficient (Wildman–Crippen LogP) is 0.953. The minimum absolute atomic E-state index is 0.342. The van der Waals surface area contributed by atoms with Crippen molar-refractivity contribution in [3.8, 4) is 0 Å². The third-order valence-electron chi connectivity index (χ3n) is 2.90. The van der Waals surface area contributed by atoms with Crippen molar-refractivity contribution in [2.24, 2.45) is 0 Å². The second kappa shape index (κ2) is 3.96. The van der Waals surface area contributed by atoms with Crippen LogP contribution < -0.4 is 5.32 Å². The maximum atomic E-state index is 11.9. The van der Waals surface area contributed by atoms with Crippen molar-refractivity contribution in [3.05, 3.63) is 0 Å². The summed E-state index contributed by atoms with van der Waals surface area (Å²) in [6.07, 6.45) is 3.48. The molecule has 0 unspecified atom stereocenters. The van der Waals surface area contributed by atoms with E-state index in [2.05, 4.69) is 5.32 Å². The van der Waals surface area contributed by atoms with Crippen LogP contribution >= 0.6 is 0 Å². The number of sulfone groups is 1. The monoisotopic (exact) mass is 205 g/mol. The van der Waals surface area contributed by atoms with Crippen LogP contribution in [0, 0.1) is 0 Å². The molecular formula is C9H19NO2S. The first-order chi connectivity index (χ1) is 6.08.